The zero-order chi connectivity index (χ0) is 50.6. The molecule has 1 spiro atoms. The summed E-state index contributed by atoms with van der Waals surface area (Å²) in [5.41, 5.74) is -2.20. The molecule has 0 saturated carbocycles. The van der Waals surface area contributed by atoms with Crippen molar-refractivity contribution in [1.82, 2.24) is 4.90 Å². The van der Waals surface area contributed by atoms with Crippen LogP contribution in [0.5, 0.6) is 17.2 Å². The van der Waals surface area contributed by atoms with E-state index in [-0.39, 0.29) is 76.2 Å². The highest BCUT2D eigenvalue weighted by Gasteiger charge is 2.51. The van der Waals surface area contributed by atoms with Crippen LogP contribution in [-0.4, -0.2) is 121 Å². The molecule has 1 fully saturated rings. The zero-order valence-electron chi connectivity index (χ0n) is 39.9. The van der Waals surface area contributed by atoms with Gasteiger partial charge < -0.3 is 59.6 Å². The van der Waals surface area contributed by atoms with E-state index in [0.717, 1.165) is 0 Å². The second-order valence-corrected chi connectivity index (χ2v) is 21.3. The third kappa shape index (κ3) is 9.84. The average Bonchev–Trinajstić information content (AvgIpc) is 3.54. The number of alkyl halides is 3. The number of fused-ring (bicyclic) bond motifs is 1. The number of phenolic OH excluding ortho intramolecular Hbond substituents is 2. The molecule has 6 rings (SSSR count). The first kappa shape index (κ1) is 52.6. The standard InChI is InChI=1S/C48H61Cl3N4O13/c1-22-13-12-14-23(2)43(62)53-35-34-33(54-47(21-52-34)16-18-55(19-17-47)44(63)68-45(8,9)48(49,50)51)30-31(39(35)60)38(59)27(6)41-32(30)42(61)46(10,67-41)65-20-15-29(64-11)24(3)40(66-28(7)56)26(5)37(58)25(4)36(22)57/h12-15,20-22,24-26,29,36-37,40,54,57-60H,16-19H2,1-11H3,(H,53,62)/t22-,24+,25+,26+,29-,36-,37+,40+,46-/m0/s1. The number of ether oxygens (including phenoxy) is 5. The predicted molar refractivity (Wildman–Crippen MR) is 258 cm³/mol. The Morgan fingerprint density at radius 1 is 0.941 bits per heavy atom. The Morgan fingerprint density at radius 2 is 1.59 bits per heavy atom. The number of hydrogen-bond acceptors (Lipinski definition) is 15. The number of phenols is 2. The van der Waals surface area contributed by atoms with Gasteiger partial charge in [0.2, 0.25) is 3.79 Å². The number of halogens is 3. The number of carbonyl (C=O) groups excluding carboxylic acids is 4. The quantitative estimate of drug-likeness (QED) is 0.0735. The lowest BCUT2D eigenvalue weighted by Gasteiger charge is -2.43. The maximum atomic E-state index is 14.9. The van der Waals surface area contributed by atoms with E-state index in [4.69, 9.17) is 63.5 Å². The number of aromatic hydroxyl groups is 2. The summed E-state index contributed by atoms with van der Waals surface area (Å²) in [4.78, 5) is 60.9. The van der Waals surface area contributed by atoms with Crippen LogP contribution in [0.25, 0.3) is 10.8 Å². The van der Waals surface area contributed by atoms with Crippen LogP contribution in [0.3, 0.4) is 0 Å². The van der Waals surface area contributed by atoms with Crippen LogP contribution in [0.1, 0.15) is 91.1 Å². The maximum Gasteiger partial charge on any atom is 0.410 e. The van der Waals surface area contributed by atoms with Crippen LogP contribution in [-0.2, 0) is 28.5 Å². The number of esters is 1. The molecule has 0 aromatic heterocycles. The van der Waals surface area contributed by atoms with E-state index in [2.05, 4.69) is 10.6 Å². The molecular formula is C48H61Cl3N4O13. The van der Waals surface area contributed by atoms with Crippen LogP contribution >= 0.6 is 34.8 Å². The van der Waals surface area contributed by atoms with E-state index in [1.165, 1.54) is 72.0 Å². The summed E-state index contributed by atoms with van der Waals surface area (Å²) in [6, 6.07) is 0. The number of allylic oxidation sites excluding steroid dienone is 2. The van der Waals surface area contributed by atoms with Crippen LogP contribution in [0, 0.1) is 30.6 Å². The van der Waals surface area contributed by atoms with Crippen molar-refractivity contribution in [3.8, 4) is 17.2 Å². The minimum Gasteiger partial charge on any atom is -0.507 e. The van der Waals surface area contributed by atoms with Gasteiger partial charge in [0, 0.05) is 80.5 Å². The first-order valence-electron chi connectivity index (χ1n) is 22.4. The molecule has 6 N–H and O–H groups in total. The Balaban J connectivity index is 1.49. The van der Waals surface area contributed by atoms with E-state index in [9.17, 15) is 39.6 Å². The summed E-state index contributed by atoms with van der Waals surface area (Å²) >= 11 is 18.3. The van der Waals surface area contributed by atoms with Gasteiger partial charge in [0.1, 0.15) is 29.0 Å². The number of ketones is 1. The number of methoxy groups -OCH3 is 1. The summed E-state index contributed by atoms with van der Waals surface area (Å²) < 4.78 is 27.7. The van der Waals surface area contributed by atoms with Crippen molar-refractivity contribution in [3.63, 3.8) is 0 Å². The smallest absolute Gasteiger partial charge is 0.410 e. The van der Waals surface area contributed by atoms with Crippen molar-refractivity contribution >= 4 is 92.6 Å². The van der Waals surface area contributed by atoms with Crippen LogP contribution in [0.15, 0.2) is 41.1 Å². The SMILES string of the molecule is CO[C@H]1C=CO[C@@]2(C)Oc3c(C)c(O)c4c(O)c(c5c(c4c3C2=O)NC2(C=N5)CCN(C(=O)OC(C)(C)C(Cl)(Cl)Cl)CC2)NC(=O)C(C)=CC=C[C@H](C)[C@H](O)[C@@H](C)[C@@H](O)[C@@H](C)[C@H](OC(C)=O)[C@@H]1C. The lowest BCUT2D eigenvalue weighted by atomic mass is 9.78. The molecule has 1 saturated heterocycles. The summed E-state index contributed by atoms with van der Waals surface area (Å²) in [5.74, 6) is -7.62. The van der Waals surface area contributed by atoms with Crippen molar-refractivity contribution in [3.05, 3.63) is 47.3 Å². The topological polar surface area (TPSA) is 235 Å². The van der Waals surface area contributed by atoms with Crippen molar-refractivity contribution in [2.45, 2.75) is 127 Å². The first-order chi connectivity index (χ1) is 31.6. The van der Waals surface area contributed by atoms with Gasteiger partial charge in [0.25, 0.3) is 11.7 Å². The van der Waals surface area contributed by atoms with Gasteiger partial charge in [-0.1, -0.05) is 80.7 Å². The highest BCUT2D eigenvalue weighted by Crippen LogP contribution is 2.58. The second kappa shape index (κ2) is 19.5. The number of carbonyl (C=O) groups is 4. The van der Waals surface area contributed by atoms with Gasteiger partial charge >= 0.3 is 17.8 Å². The van der Waals surface area contributed by atoms with E-state index >= 15 is 0 Å². The lowest BCUT2D eigenvalue weighted by Crippen LogP contribution is -2.54. The molecule has 4 aliphatic heterocycles. The van der Waals surface area contributed by atoms with E-state index < -0.39 is 104 Å². The number of Topliss-reactive ketones (excluding diaryl/α,β-unsaturated/α-hetero) is 1. The molecule has 4 aliphatic rings. The summed E-state index contributed by atoms with van der Waals surface area (Å²) in [6.07, 6.45) is 4.98. The Labute approximate surface area is 410 Å². The summed E-state index contributed by atoms with van der Waals surface area (Å²) in [6.45, 7) is 15.9. The number of aliphatic imine (C=N–C) groups is 1. The van der Waals surface area contributed by atoms with Gasteiger partial charge in [-0.2, -0.15) is 0 Å². The number of aliphatic hydroxyl groups is 2. The monoisotopic (exact) mass is 1010 g/mol. The number of nitrogens with zero attached hydrogens (tertiary/aromatic N) is 2. The molecule has 20 heteroatoms. The number of benzene rings is 2. The number of nitrogens with one attached hydrogen (secondary N) is 2. The van der Waals surface area contributed by atoms with Crippen molar-refractivity contribution in [2.24, 2.45) is 28.7 Å². The minimum absolute atomic E-state index is 0.0310. The molecule has 4 heterocycles. The van der Waals surface area contributed by atoms with Crippen molar-refractivity contribution in [2.75, 3.05) is 30.8 Å². The molecule has 372 valence electrons. The fraction of sp³-hybridized carbons (Fsp3) is 0.562. The summed E-state index contributed by atoms with van der Waals surface area (Å²) in [7, 11) is 1.44. The van der Waals surface area contributed by atoms with E-state index in [1.807, 2.05) is 0 Å². The number of hydrogen-bond donors (Lipinski definition) is 6. The Morgan fingerprint density at radius 3 is 2.19 bits per heavy atom. The van der Waals surface area contributed by atoms with Crippen LogP contribution < -0.4 is 15.4 Å². The van der Waals surface area contributed by atoms with E-state index in [0.29, 0.717) is 0 Å². The number of rotatable bonds is 3. The predicted octanol–water partition coefficient (Wildman–Crippen LogP) is 8.30. The van der Waals surface area contributed by atoms with Gasteiger partial charge in [0.05, 0.1) is 46.7 Å². The van der Waals surface area contributed by atoms with Gasteiger partial charge in [-0.15, -0.1) is 0 Å². The fourth-order valence-corrected chi connectivity index (χ4v) is 9.25. The first-order valence-corrected chi connectivity index (χ1v) is 23.5. The Kier molecular flexibility index (Phi) is 15.1. The van der Waals surface area contributed by atoms with Crippen molar-refractivity contribution < 1.29 is 63.3 Å². The fourth-order valence-electron chi connectivity index (χ4n) is 9.13. The van der Waals surface area contributed by atoms with E-state index in [1.54, 1.807) is 46.1 Å². The average molecular weight is 1010 g/mol. The molecule has 2 aromatic rings. The Bertz CT molecular complexity index is 2480. The van der Waals surface area contributed by atoms with Crippen LogP contribution in [0.4, 0.5) is 21.9 Å². The minimum atomic E-state index is -2.05. The van der Waals surface area contributed by atoms with Crippen molar-refractivity contribution in [1.29, 1.82) is 0 Å². The Hall–Kier alpha value is -4.78. The zero-order valence-corrected chi connectivity index (χ0v) is 42.2. The van der Waals surface area contributed by atoms with Gasteiger partial charge in [-0.05, 0) is 46.6 Å². The molecule has 0 radical (unpaired) electrons. The molecule has 9 atom stereocenters. The maximum absolute atomic E-state index is 14.9. The number of amides is 2. The normalized spacial score (nSPS) is 28.9. The number of anilines is 2. The number of likely N-dealkylation sites (tertiary alicyclic amines) is 1. The highest BCUT2D eigenvalue weighted by molar-refractivity contribution is 6.68. The molecule has 0 aliphatic carbocycles. The molecule has 17 nitrogen and oxygen atoms in total. The largest absolute Gasteiger partial charge is 0.507 e. The third-order valence-electron chi connectivity index (χ3n) is 13.7. The van der Waals surface area contributed by atoms with Crippen LogP contribution in [0.2, 0.25) is 0 Å². The number of aliphatic hydroxyl groups excluding tert-OH is 2. The molecular weight excluding hydrogens is 947 g/mol. The van der Waals surface area contributed by atoms with Gasteiger partial charge in [-0.3, -0.25) is 19.4 Å². The molecule has 0 unspecified atom stereocenters. The second-order valence-electron chi connectivity index (χ2n) is 19.0. The molecule has 2 aromatic carbocycles. The third-order valence-corrected chi connectivity index (χ3v) is 15.1. The molecule has 4 bridgehead atoms. The highest BCUT2D eigenvalue weighted by atomic mass is 35.6. The molecule has 2 amide bonds. The number of piperidine rings is 1. The lowest BCUT2D eigenvalue weighted by molar-refractivity contribution is -0.160. The summed E-state index contributed by atoms with van der Waals surface area (Å²) in [5, 5.41) is 53.2. The van der Waals surface area contributed by atoms with Gasteiger partial charge in [-0.25, -0.2) is 4.79 Å². The molecule has 68 heavy (non-hydrogen) atoms. The van der Waals surface area contributed by atoms with Gasteiger partial charge in [0.15, 0.2) is 11.4 Å².